The summed E-state index contributed by atoms with van der Waals surface area (Å²) in [4.78, 5) is 30.5. The lowest BCUT2D eigenvalue weighted by atomic mass is 9.92. The molecule has 1 aliphatic rings. The smallest absolute Gasteiger partial charge is 0.410 e. The van der Waals surface area contributed by atoms with Crippen molar-refractivity contribution in [3.05, 3.63) is 88.6 Å². The van der Waals surface area contributed by atoms with E-state index in [4.69, 9.17) is 26.8 Å². The number of amides is 2. The summed E-state index contributed by atoms with van der Waals surface area (Å²) in [5.74, 6) is 0.168. The molecule has 0 saturated carbocycles. The van der Waals surface area contributed by atoms with Crippen LogP contribution in [0.5, 0.6) is 5.75 Å². The van der Waals surface area contributed by atoms with Gasteiger partial charge < -0.3 is 25.5 Å². The third-order valence-corrected chi connectivity index (χ3v) is 6.44. The standard InChI is InChI=1S/C27H25ClN4O4/c1-35-15-24(33)30-19-7-2-16(3-8-19)26-25-21(22-14-18(29)6-11-23(22)31-25)12-13-32(26)27(34)36-20-9-4-17(28)5-10-20/h2-11,14,26,31H,12-13,15,29H2,1H3,(H,30,33). The van der Waals surface area contributed by atoms with E-state index in [0.717, 1.165) is 27.7 Å². The molecule has 0 fully saturated rings. The maximum Gasteiger partial charge on any atom is 0.416 e. The predicted molar refractivity (Wildman–Crippen MR) is 139 cm³/mol. The van der Waals surface area contributed by atoms with Gasteiger partial charge in [-0.1, -0.05) is 23.7 Å². The van der Waals surface area contributed by atoms with Crippen molar-refractivity contribution < 1.29 is 19.1 Å². The minimum absolute atomic E-state index is 0.0315. The highest BCUT2D eigenvalue weighted by Crippen LogP contribution is 2.39. The minimum Gasteiger partial charge on any atom is -0.410 e. The first-order chi connectivity index (χ1) is 17.4. The number of methoxy groups -OCH3 is 1. The number of hydrogen-bond donors (Lipinski definition) is 3. The molecular weight excluding hydrogens is 480 g/mol. The van der Waals surface area contributed by atoms with E-state index in [1.165, 1.54) is 7.11 Å². The Morgan fingerprint density at radius 2 is 1.86 bits per heavy atom. The van der Waals surface area contributed by atoms with Crippen LogP contribution in [0.25, 0.3) is 10.9 Å². The molecule has 1 unspecified atom stereocenters. The van der Waals surface area contributed by atoms with E-state index in [1.54, 1.807) is 41.3 Å². The Kier molecular flexibility index (Phi) is 6.54. The first-order valence-electron chi connectivity index (χ1n) is 11.5. The topological polar surface area (TPSA) is 110 Å². The molecule has 0 aliphatic carbocycles. The number of aromatic amines is 1. The first-order valence-corrected chi connectivity index (χ1v) is 11.8. The maximum absolute atomic E-state index is 13.4. The number of carbonyl (C=O) groups is 2. The van der Waals surface area contributed by atoms with Crippen molar-refractivity contribution in [1.82, 2.24) is 9.88 Å². The quantitative estimate of drug-likeness (QED) is 0.326. The Bertz CT molecular complexity index is 1420. The van der Waals surface area contributed by atoms with Crippen molar-refractivity contribution in [2.45, 2.75) is 12.5 Å². The van der Waals surface area contributed by atoms with Gasteiger partial charge in [-0.05, 0) is 72.1 Å². The maximum atomic E-state index is 13.4. The number of rotatable bonds is 5. The van der Waals surface area contributed by atoms with Gasteiger partial charge in [0.1, 0.15) is 18.4 Å². The monoisotopic (exact) mass is 504 g/mol. The van der Waals surface area contributed by atoms with Gasteiger partial charge >= 0.3 is 6.09 Å². The van der Waals surface area contributed by atoms with Gasteiger partial charge in [0.15, 0.2) is 0 Å². The third kappa shape index (κ3) is 4.73. The van der Waals surface area contributed by atoms with Crippen molar-refractivity contribution in [3.8, 4) is 5.75 Å². The average Bonchev–Trinajstić information content (AvgIpc) is 3.23. The van der Waals surface area contributed by atoms with Gasteiger partial charge in [0.05, 0.1) is 0 Å². The molecule has 2 amide bonds. The summed E-state index contributed by atoms with van der Waals surface area (Å²) in [5.41, 5.74) is 11.2. The number of benzene rings is 3. The molecule has 0 saturated heterocycles. The van der Waals surface area contributed by atoms with Crippen LogP contribution in [-0.4, -0.2) is 42.1 Å². The number of aromatic nitrogens is 1. The van der Waals surface area contributed by atoms with Crippen molar-refractivity contribution in [3.63, 3.8) is 0 Å². The second-order valence-electron chi connectivity index (χ2n) is 8.59. The van der Waals surface area contributed by atoms with E-state index in [9.17, 15) is 9.59 Å². The van der Waals surface area contributed by atoms with Crippen molar-refractivity contribution in [2.24, 2.45) is 0 Å². The number of halogens is 1. The van der Waals surface area contributed by atoms with Gasteiger partial charge in [-0.3, -0.25) is 9.69 Å². The highest BCUT2D eigenvalue weighted by Gasteiger charge is 2.35. The van der Waals surface area contributed by atoms with E-state index in [2.05, 4.69) is 10.3 Å². The number of nitrogen functional groups attached to an aromatic ring is 1. The molecule has 4 aromatic rings. The van der Waals surface area contributed by atoms with E-state index < -0.39 is 12.1 Å². The van der Waals surface area contributed by atoms with Crippen LogP contribution in [0.3, 0.4) is 0 Å². The highest BCUT2D eigenvalue weighted by molar-refractivity contribution is 6.30. The Hall–Kier alpha value is -4.01. The van der Waals surface area contributed by atoms with Crippen LogP contribution in [0, 0.1) is 0 Å². The number of carbonyl (C=O) groups excluding carboxylic acids is 2. The average molecular weight is 505 g/mol. The second-order valence-corrected chi connectivity index (χ2v) is 9.03. The van der Waals surface area contributed by atoms with Crippen molar-refractivity contribution in [2.75, 3.05) is 31.3 Å². The summed E-state index contributed by atoms with van der Waals surface area (Å²) in [6.07, 6.45) is 0.180. The highest BCUT2D eigenvalue weighted by atomic mass is 35.5. The van der Waals surface area contributed by atoms with Gasteiger partial charge in [-0.25, -0.2) is 4.79 Å². The van der Waals surface area contributed by atoms with E-state index in [1.807, 2.05) is 30.3 Å². The molecule has 8 nitrogen and oxygen atoms in total. The summed E-state index contributed by atoms with van der Waals surface area (Å²) in [7, 11) is 1.47. The fourth-order valence-electron chi connectivity index (χ4n) is 4.59. The molecule has 0 spiro atoms. The van der Waals surface area contributed by atoms with Crippen molar-refractivity contribution in [1.29, 1.82) is 0 Å². The van der Waals surface area contributed by atoms with Gasteiger partial charge in [0.25, 0.3) is 0 Å². The molecule has 9 heteroatoms. The minimum atomic E-state index is -0.469. The van der Waals surface area contributed by atoms with Gasteiger partial charge in [0, 0.05) is 46.6 Å². The molecule has 184 valence electrons. The van der Waals surface area contributed by atoms with Crippen LogP contribution in [0.2, 0.25) is 5.02 Å². The molecule has 2 heterocycles. The van der Waals surface area contributed by atoms with Crippen molar-refractivity contribution >= 4 is 45.9 Å². The summed E-state index contributed by atoms with van der Waals surface area (Å²) < 4.78 is 10.6. The number of nitrogens with zero attached hydrogens (tertiary/aromatic N) is 1. The molecule has 36 heavy (non-hydrogen) atoms. The lowest BCUT2D eigenvalue weighted by Gasteiger charge is -2.35. The summed E-state index contributed by atoms with van der Waals surface area (Å²) >= 11 is 5.97. The van der Waals surface area contributed by atoms with Gasteiger partial charge in [-0.15, -0.1) is 0 Å². The summed E-state index contributed by atoms with van der Waals surface area (Å²) in [6, 6.07) is 19.4. The Morgan fingerprint density at radius 3 is 2.58 bits per heavy atom. The van der Waals surface area contributed by atoms with E-state index in [0.29, 0.717) is 35.1 Å². The largest absolute Gasteiger partial charge is 0.416 e. The molecule has 1 atom stereocenters. The molecule has 0 radical (unpaired) electrons. The summed E-state index contributed by atoms with van der Waals surface area (Å²) in [5, 5.41) is 4.40. The number of anilines is 2. The van der Waals surface area contributed by atoms with Crippen LogP contribution in [0.4, 0.5) is 16.2 Å². The normalized spacial score (nSPS) is 14.9. The second kappa shape index (κ2) is 9.93. The predicted octanol–water partition coefficient (Wildman–Crippen LogP) is 5.13. The molecular formula is C27H25ClN4O4. The SMILES string of the molecule is COCC(=O)Nc1ccc(C2c3[nH]c4ccc(N)cc4c3CCN2C(=O)Oc2ccc(Cl)cc2)cc1. The Labute approximate surface area is 212 Å². The lowest BCUT2D eigenvalue weighted by Crippen LogP contribution is -2.42. The van der Waals surface area contributed by atoms with Crippen LogP contribution in [-0.2, 0) is 16.0 Å². The number of fused-ring (bicyclic) bond motifs is 3. The van der Waals surface area contributed by atoms with Gasteiger partial charge in [0.2, 0.25) is 5.91 Å². The lowest BCUT2D eigenvalue weighted by molar-refractivity contribution is -0.119. The van der Waals surface area contributed by atoms with Gasteiger partial charge in [-0.2, -0.15) is 0 Å². The van der Waals surface area contributed by atoms with E-state index in [-0.39, 0.29) is 12.5 Å². The Morgan fingerprint density at radius 1 is 1.11 bits per heavy atom. The first kappa shape index (κ1) is 23.7. The number of nitrogens with one attached hydrogen (secondary N) is 2. The number of hydrogen-bond acceptors (Lipinski definition) is 5. The molecule has 3 aromatic carbocycles. The molecule has 0 bridgehead atoms. The van der Waals surface area contributed by atoms with Crippen LogP contribution in [0.15, 0.2) is 66.7 Å². The number of H-pyrrole nitrogens is 1. The Balaban J connectivity index is 1.51. The third-order valence-electron chi connectivity index (χ3n) is 6.19. The zero-order valence-electron chi connectivity index (χ0n) is 19.6. The van der Waals surface area contributed by atoms with Crippen LogP contribution < -0.4 is 15.8 Å². The van der Waals surface area contributed by atoms with Crippen LogP contribution in [0.1, 0.15) is 22.9 Å². The van der Waals surface area contributed by atoms with E-state index >= 15 is 0 Å². The molecule has 1 aromatic heterocycles. The molecule has 4 N–H and O–H groups in total. The summed E-state index contributed by atoms with van der Waals surface area (Å²) in [6.45, 7) is 0.425. The fraction of sp³-hybridized carbons (Fsp3) is 0.185. The molecule has 5 rings (SSSR count). The molecule has 1 aliphatic heterocycles. The number of nitrogens with two attached hydrogens (primary N) is 1. The number of ether oxygens (including phenoxy) is 2. The zero-order valence-corrected chi connectivity index (χ0v) is 20.3. The zero-order chi connectivity index (χ0) is 25.2. The van der Waals surface area contributed by atoms with Crippen LogP contribution >= 0.6 is 11.6 Å². The fourth-order valence-corrected chi connectivity index (χ4v) is 4.71.